The van der Waals surface area contributed by atoms with Crippen molar-refractivity contribution in [1.29, 1.82) is 0 Å². The lowest BCUT2D eigenvalue weighted by Crippen LogP contribution is -2.45. The Morgan fingerprint density at radius 1 is 0.864 bits per heavy atom. The number of benzene rings is 4. The number of nitrogens with two attached hydrogens (primary N) is 1. The zero-order valence-electron chi connectivity index (χ0n) is 25.2. The summed E-state index contributed by atoms with van der Waals surface area (Å²) in [7, 11) is -3.74. The van der Waals surface area contributed by atoms with Crippen molar-refractivity contribution in [3.05, 3.63) is 114 Å². The molecular weight excluding hydrogens is 572 g/mol. The highest BCUT2D eigenvalue weighted by molar-refractivity contribution is 7.89. The Morgan fingerprint density at radius 2 is 1.52 bits per heavy atom. The molecule has 1 heterocycles. The van der Waals surface area contributed by atoms with Crippen LogP contribution < -0.4 is 16.4 Å². The molecule has 4 N–H and O–H groups in total. The Kier molecular flexibility index (Phi) is 8.90. The number of rotatable bonds is 8. The molecule has 0 spiro atoms. The number of anilines is 2. The molecule has 1 unspecified atom stereocenters. The third kappa shape index (κ3) is 7.01. The predicted octanol–water partition coefficient (Wildman–Crippen LogP) is 6.27. The molecule has 4 aromatic carbocycles. The van der Waals surface area contributed by atoms with Crippen LogP contribution in [0, 0.1) is 0 Å². The van der Waals surface area contributed by atoms with E-state index in [1.807, 2.05) is 54.6 Å². The van der Waals surface area contributed by atoms with Gasteiger partial charge in [-0.05, 0) is 77.4 Å². The van der Waals surface area contributed by atoms with Crippen LogP contribution >= 0.6 is 0 Å². The molecule has 0 radical (unpaired) electrons. The average Bonchev–Trinajstić information content (AvgIpc) is 3.01. The van der Waals surface area contributed by atoms with Crippen LogP contribution in [0.2, 0.25) is 0 Å². The second-order valence-electron chi connectivity index (χ2n) is 12.1. The van der Waals surface area contributed by atoms with E-state index in [9.17, 15) is 18.0 Å². The SMILES string of the molecule is CC(C)(C)c1ccc(C(=O)Nc2ccc(C(N)=O)c(NC3CCCN(S(=O)(=O)c4ccc(-c5ccccc5)cc4)C3)c2)cc1. The topological polar surface area (TPSA) is 122 Å². The highest BCUT2D eigenvalue weighted by Crippen LogP contribution is 2.28. The number of amides is 2. The van der Waals surface area contributed by atoms with E-state index in [1.54, 1.807) is 42.5 Å². The van der Waals surface area contributed by atoms with Gasteiger partial charge in [0.25, 0.3) is 11.8 Å². The van der Waals surface area contributed by atoms with E-state index in [4.69, 9.17) is 5.73 Å². The van der Waals surface area contributed by atoms with E-state index in [1.165, 1.54) is 4.31 Å². The summed E-state index contributed by atoms with van der Waals surface area (Å²) in [6.07, 6.45) is 1.35. The average molecular weight is 611 g/mol. The minimum absolute atomic E-state index is 0.0266. The van der Waals surface area contributed by atoms with Crippen LogP contribution in [0.15, 0.2) is 102 Å². The molecule has 8 nitrogen and oxygen atoms in total. The first kappa shape index (κ1) is 31.0. The molecule has 1 aliphatic heterocycles. The maximum Gasteiger partial charge on any atom is 0.255 e. The number of carbonyl (C=O) groups excluding carboxylic acids is 2. The Bertz CT molecular complexity index is 1750. The smallest absolute Gasteiger partial charge is 0.255 e. The van der Waals surface area contributed by atoms with E-state index < -0.39 is 15.9 Å². The maximum absolute atomic E-state index is 13.6. The molecule has 0 aromatic heterocycles. The summed E-state index contributed by atoms with van der Waals surface area (Å²) < 4.78 is 28.6. The van der Waals surface area contributed by atoms with Crippen molar-refractivity contribution in [2.75, 3.05) is 23.7 Å². The highest BCUT2D eigenvalue weighted by atomic mass is 32.2. The first-order valence-electron chi connectivity index (χ1n) is 14.7. The van der Waals surface area contributed by atoms with Crippen LogP contribution in [0.4, 0.5) is 11.4 Å². The number of sulfonamides is 1. The van der Waals surface area contributed by atoms with Crippen molar-refractivity contribution in [1.82, 2.24) is 4.31 Å². The summed E-state index contributed by atoms with van der Waals surface area (Å²) in [4.78, 5) is 25.5. The normalized spacial score (nSPS) is 15.8. The highest BCUT2D eigenvalue weighted by Gasteiger charge is 2.31. The molecule has 0 aliphatic carbocycles. The summed E-state index contributed by atoms with van der Waals surface area (Å²) in [6, 6.07) is 28.8. The largest absolute Gasteiger partial charge is 0.380 e. The van der Waals surface area contributed by atoms with Gasteiger partial charge in [-0.15, -0.1) is 0 Å². The summed E-state index contributed by atoms with van der Waals surface area (Å²) in [5.74, 6) is -0.904. The molecule has 1 fully saturated rings. The summed E-state index contributed by atoms with van der Waals surface area (Å²) >= 11 is 0. The number of hydrogen-bond donors (Lipinski definition) is 3. The Labute approximate surface area is 259 Å². The van der Waals surface area contributed by atoms with Gasteiger partial charge in [0.2, 0.25) is 10.0 Å². The number of piperidine rings is 1. The van der Waals surface area contributed by atoms with E-state index in [0.29, 0.717) is 36.3 Å². The maximum atomic E-state index is 13.6. The van der Waals surface area contributed by atoms with Crippen LogP contribution in [-0.2, 0) is 15.4 Å². The van der Waals surface area contributed by atoms with Gasteiger partial charge in [0.15, 0.2) is 0 Å². The van der Waals surface area contributed by atoms with Gasteiger partial charge in [-0.2, -0.15) is 4.31 Å². The fraction of sp³-hybridized carbons (Fsp3) is 0.257. The van der Waals surface area contributed by atoms with Crippen molar-refractivity contribution in [3.63, 3.8) is 0 Å². The van der Waals surface area contributed by atoms with Gasteiger partial charge in [-0.25, -0.2) is 8.42 Å². The van der Waals surface area contributed by atoms with Gasteiger partial charge in [0, 0.05) is 36.1 Å². The van der Waals surface area contributed by atoms with Crippen LogP contribution in [0.25, 0.3) is 11.1 Å². The quantitative estimate of drug-likeness (QED) is 0.217. The molecular formula is C35H38N4O4S. The third-order valence-corrected chi connectivity index (χ3v) is 9.78. The molecule has 1 atom stereocenters. The van der Waals surface area contributed by atoms with Crippen molar-refractivity contribution >= 4 is 33.2 Å². The van der Waals surface area contributed by atoms with E-state index in [0.717, 1.165) is 16.7 Å². The fourth-order valence-electron chi connectivity index (χ4n) is 5.38. The fourth-order valence-corrected chi connectivity index (χ4v) is 6.90. The Morgan fingerprint density at radius 3 is 2.16 bits per heavy atom. The van der Waals surface area contributed by atoms with Crippen molar-refractivity contribution in [2.45, 2.75) is 50.0 Å². The molecule has 2 amide bonds. The minimum Gasteiger partial charge on any atom is -0.380 e. The number of hydrogen-bond acceptors (Lipinski definition) is 5. The van der Waals surface area contributed by atoms with Crippen molar-refractivity contribution in [3.8, 4) is 11.1 Å². The zero-order chi connectivity index (χ0) is 31.5. The van der Waals surface area contributed by atoms with E-state index in [2.05, 4.69) is 31.4 Å². The molecule has 228 valence electrons. The van der Waals surface area contributed by atoms with Crippen LogP contribution in [0.3, 0.4) is 0 Å². The predicted molar refractivity (Wildman–Crippen MR) is 175 cm³/mol. The second-order valence-corrected chi connectivity index (χ2v) is 14.1. The molecule has 4 aromatic rings. The van der Waals surface area contributed by atoms with Crippen molar-refractivity contribution < 1.29 is 18.0 Å². The van der Waals surface area contributed by atoms with E-state index >= 15 is 0 Å². The Hall–Kier alpha value is -4.47. The lowest BCUT2D eigenvalue weighted by Gasteiger charge is -2.33. The third-order valence-electron chi connectivity index (χ3n) is 7.90. The Balaban J connectivity index is 1.30. The molecule has 5 rings (SSSR count). The van der Waals surface area contributed by atoms with Crippen LogP contribution in [0.1, 0.15) is 59.9 Å². The van der Waals surface area contributed by atoms with Gasteiger partial charge < -0.3 is 16.4 Å². The van der Waals surface area contributed by atoms with E-state index in [-0.39, 0.29) is 34.4 Å². The number of primary amides is 1. The van der Waals surface area contributed by atoms with Gasteiger partial charge in [-0.1, -0.05) is 75.4 Å². The second kappa shape index (κ2) is 12.6. The summed E-state index contributed by atoms with van der Waals surface area (Å²) in [5.41, 5.74) is 10.4. The molecule has 9 heteroatoms. The molecule has 0 bridgehead atoms. The number of nitrogens with one attached hydrogen (secondary N) is 2. The molecule has 1 aliphatic rings. The first-order chi connectivity index (χ1) is 20.9. The molecule has 44 heavy (non-hydrogen) atoms. The summed E-state index contributed by atoms with van der Waals surface area (Å²) in [5, 5.41) is 6.23. The standard InChI is InChI=1S/C35H38N4O4S/c1-35(2,3)27-15-11-26(12-16-27)34(41)38-28-17-20-31(33(36)40)32(22-28)37-29-10-7-21-39(23-29)44(42,43)30-18-13-25(14-19-30)24-8-5-4-6-9-24/h4-6,8-9,11-20,22,29,37H,7,10,21,23H2,1-3H3,(H2,36,40)(H,38,41). The van der Waals surface area contributed by atoms with Crippen molar-refractivity contribution in [2.24, 2.45) is 5.73 Å². The van der Waals surface area contributed by atoms with Gasteiger partial charge >= 0.3 is 0 Å². The number of carbonyl (C=O) groups is 2. The summed E-state index contributed by atoms with van der Waals surface area (Å²) in [6.45, 7) is 6.95. The molecule has 0 saturated carbocycles. The lowest BCUT2D eigenvalue weighted by atomic mass is 9.87. The van der Waals surface area contributed by atoms with Crippen LogP contribution in [0.5, 0.6) is 0 Å². The van der Waals surface area contributed by atoms with Crippen LogP contribution in [-0.4, -0.2) is 43.7 Å². The zero-order valence-corrected chi connectivity index (χ0v) is 26.0. The number of nitrogens with zero attached hydrogens (tertiary/aromatic N) is 1. The lowest BCUT2D eigenvalue weighted by molar-refractivity contribution is 0.0998. The minimum atomic E-state index is -3.74. The molecule has 1 saturated heterocycles. The first-order valence-corrected chi connectivity index (χ1v) is 16.1. The van der Waals surface area contributed by atoms with Gasteiger partial charge in [0.1, 0.15) is 0 Å². The van der Waals surface area contributed by atoms with Gasteiger partial charge in [0.05, 0.1) is 10.5 Å². The van der Waals surface area contributed by atoms with Gasteiger partial charge in [-0.3, -0.25) is 9.59 Å². The monoisotopic (exact) mass is 610 g/mol.